The summed E-state index contributed by atoms with van der Waals surface area (Å²) in [5.74, 6) is 0.361. The zero-order chi connectivity index (χ0) is 13.0. The zero-order valence-corrected chi connectivity index (χ0v) is 10.1. The molecule has 0 aliphatic carbocycles. The monoisotopic (exact) mass is 242 g/mol. The van der Waals surface area contributed by atoms with E-state index >= 15 is 0 Å². The summed E-state index contributed by atoms with van der Waals surface area (Å²) in [4.78, 5) is 10.9. The van der Waals surface area contributed by atoms with Crippen LogP contribution in [0.3, 0.4) is 0 Å². The number of aryl methyl sites for hydroxylation is 1. The highest BCUT2D eigenvalue weighted by Crippen LogP contribution is 2.28. The molecule has 0 radical (unpaired) electrons. The Hall–Kier alpha value is -2.29. The zero-order valence-electron chi connectivity index (χ0n) is 10.1. The summed E-state index contributed by atoms with van der Waals surface area (Å²) in [6.07, 6.45) is 0.606. The van der Waals surface area contributed by atoms with E-state index < -0.39 is 0 Å². The highest BCUT2D eigenvalue weighted by molar-refractivity contribution is 5.83. The van der Waals surface area contributed by atoms with E-state index in [4.69, 9.17) is 4.74 Å². The molecule has 2 aromatic rings. The maximum Gasteiger partial charge on any atom is 0.157 e. The smallest absolute Gasteiger partial charge is 0.157 e. The third-order valence-electron chi connectivity index (χ3n) is 2.62. The minimum Gasteiger partial charge on any atom is -0.507 e. The average Bonchev–Trinajstić information content (AvgIpc) is 2.37. The predicted molar refractivity (Wildman–Crippen MR) is 69.0 cm³/mol. The van der Waals surface area contributed by atoms with Gasteiger partial charge in [0.15, 0.2) is 6.29 Å². The van der Waals surface area contributed by atoms with Gasteiger partial charge in [-0.25, -0.2) is 0 Å². The molecule has 0 fully saturated rings. The van der Waals surface area contributed by atoms with E-state index in [2.05, 4.69) is 0 Å². The van der Waals surface area contributed by atoms with Crippen LogP contribution in [0.2, 0.25) is 0 Å². The molecule has 0 saturated carbocycles. The van der Waals surface area contributed by atoms with Crippen LogP contribution in [0.25, 0.3) is 0 Å². The number of carbonyl (C=O) groups is 1. The van der Waals surface area contributed by atoms with E-state index in [1.54, 1.807) is 12.1 Å². The normalized spacial score (nSPS) is 10.1. The Bertz CT molecular complexity index is 547. The maximum atomic E-state index is 10.9. The quantitative estimate of drug-likeness (QED) is 0.838. The summed E-state index contributed by atoms with van der Waals surface area (Å²) < 4.78 is 5.58. The van der Waals surface area contributed by atoms with Crippen molar-refractivity contribution in [3.05, 3.63) is 59.2 Å². The van der Waals surface area contributed by atoms with E-state index in [-0.39, 0.29) is 11.3 Å². The Balaban J connectivity index is 2.21. The fourth-order valence-electron chi connectivity index (χ4n) is 1.72. The molecule has 0 spiro atoms. The molecule has 0 aliphatic rings. The molecule has 0 atom stereocenters. The van der Waals surface area contributed by atoms with Crippen LogP contribution in [0.5, 0.6) is 11.5 Å². The molecule has 0 unspecified atom stereocenters. The number of carbonyl (C=O) groups excluding carboxylic acids is 1. The van der Waals surface area contributed by atoms with Crippen molar-refractivity contribution in [3.8, 4) is 11.5 Å². The van der Waals surface area contributed by atoms with E-state index in [0.29, 0.717) is 18.6 Å². The first-order valence-corrected chi connectivity index (χ1v) is 5.66. The molecule has 0 aromatic heterocycles. The third-order valence-corrected chi connectivity index (χ3v) is 2.62. The molecule has 0 amide bonds. The Morgan fingerprint density at radius 3 is 2.61 bits per heavy atom. The van der Waals surface area contributed by atoms with E-state index in [9.17, 15) is 9.90 Å². The van der Waals surface area contributed by atoms with Gasteiger partial charge in [0.25, 0.3) is 0 Å². The lowest BCUT2D eigenvalue weighted by Gasteiger charge is -2.10. The summed E-state index contributed by atoms with van der Waals surface area (Å²) in [7, 11) is 0. The fourth-order valence-corrected chi connectivity index (χ4v) is 1.72. The molecule has 1 N–H and O–H groups in total. The van der Waals surface area contributed by atoms with Crippen LogP contribution in [-0.4, -0.2) is 11.4 Å². The number of phenols is 1. The van der Waals surface area contributed by atoms with Crippen LogP contribution in [0.4, 0.5) is 0 Å². The molecule has 0 heterocycles. The molecule has 0 bridgehead atoms. The summed E-state index contributed by atoms with van der Waals surface area (Å²) in [5, 5.41) is 9.66. The summed E-state index contributed by atoms with van der Waals surface area (Å²) in [5.41, 5.74) is 2.05. The molecular weight excluding hydrogens is 228 g/mol. The van der Waals surface area contributed by atoms with Crippen LogP contribution in [0.15, 0.2) is 42.5 Å². The molecular formula is C15H14O3. The van der Waals surface area contributed by atoms with Gasteiger partial charge >= 0.3 is 0 Å². The highest BCUT2D eigenvalue weighted by Gasteiger charge is 2.09. The summed E-state index contributed by atoms with van der Waals surface area (Å²) in [6, 6.07) is 12.9. The number of aromatic hydroxyl groups is 1. The first-order chi connectivity index (χ1) is 8.70. The van der Waals surface area contributed by atoms with Crippen molar-refractivity contribution in [1.29, 1.82) is 0 Å². The van der Waals surface area contributed by atoms with E-state index in [1.165, 1.54) is 0 Å². The lowest BCUT2D eigenvalue weighted by molar-refractivity contribution is 0.111. The first-order valence-electron chi connectivity index (χ1n) is 5.66. The van der Waals surface area contributed by atoms with Crippen molar-refractivity contribution in [2.75, 3.05) is 0 Å². The van der Waals surface area contributed by atoms with Gasteiger partial charge in [-0.15, -0.1) is 0 Å². The van der Waals surface area contributed by atoms with Gasteiger partial charge < -0.3 is 9.84 Å². The lowest BCUT2D eigenvalue weighted by Crippen LogP contribution is -1.99. The molecule has 18 heavy (non-hydrogen) atoms. The van der Waals surface area contributed by atoms with Crippen molar-refractivity contribution in [1.82, 2.24) is 0 Å². The van der Waals surface area contributed by atoms with Gasteiger partial charge in [0.05, 0.1) is 5.56 Å². The average molecular weight is 242 g/mol. The standard InChI is InChI=1S/C15H14O3/c1-11-7-14(17)13(9-16)15(8-11)18-10-12-5-3-2-4-6-12/h2-9,17H,10H2,1H3. The van der Waals surface area contributed by atoms with Crippen LogP contribution >= 0.6 is 0 Å². The number of hydrogen-bond donors (Lipinski definition) is 1. The van der Waals surface area contributed by atoms with E-state index in [1.807, 2.05) is 37.3 Å². The minimum absolute atomic E-state index is 0.0481. The Labute approximate surface area is 106 Å². The van der Waals surface area contributed by atoms with Gasteiger partial charge in [-0.1, -0.05) is 30.3 Å². The van der Waals surface area contributed by atoms with Gasteiger partial charge in [0.2, 0.25) is 0 Å². The number of hydrogen-bond acceptors (Lipinski definition) is 3. The SMILES string of the molecule is Cc1cc(O)c(C=O)c(OCc2ccccc2)c1. The second-order valence-corrected chi connectivity index (χ2v) is 4.09. The predicted octanol–water partition coefficient (Wildman–Crippen LogP) is 3.09. The topological polar surface area (TPSA) is 46.5 Å². The molecule has 0 saturated heterocycles. The van der Waals surface area contributed by atoms with Crippen LogP contribution in [0.1, 0.15) is 21.5 Å². The second kappa shape index (κ2) is 5.36. The summed E-state index contributed by atoms with van der Waals surface area (Å²) >= 11 is 0. The van der Waals surface area contributed by atoms with Crippen molar-refractivity contribution in [2.45, 2.75) is 13.5 Å². The van der Waals surface area contributed by atoms with Gasteiger partial charge in [0.1, 0.15) is 18.1 Å². The van der Waals surface area contributed by atoms with Crippen molar-refractivity contribution >= 4 is 6.29 Å². The third kappa shape index (κ3) is 2.69. The van der Waals surface area contributed by atoms with E-state index in [0.717, 1.165) is 11.1 Å². The largest absolute Gasteiger partial charge is 0.507 e. The summed E-state index contributed by atoms with van der Waals surface area (Å²) in [6.45, 7) is 2.20. The van der Waals surface area contributed by atoms with Crippen molar-refractivity contribution in [2.24, 2.45) is 0 Å². The molecule has 92 valence electrons. The van der Waals surface area contributed by atoms with Crippen molar-refractivity contribution in [3.63, 3.8) is 0 Å². The Kier molecular flexibility index (Phi) is 3.63. The first kappa shape index (κ1) is 12.2. The molecule has 2 aromatic carbocycles. The lowest BCUT2D eigenvalue weighted by atomic mass is 10.1. The molecule has 3 nitrogen and oxygen atoms in total. The van der Waals surface area contributed by atoms with Gasteiger partial charge in [-0.05, 0) is 30.2 Å². The maximum absolute atomic E-state index is 10.9. The van der Waals surface area contributed by atoms with Crippen LogP contribution in [-0.2, 0) is 6.61 Å². The Morgan fingerprint density at radius 1 is 1.22 bits per heavy atom. The van der Waals surface area contributed by atoms with Gasteiger partial charge in [-0.3, -0.25) is 4.79 Å². The molecule has 3 heteroatoms. The fraction of sp³-hybridized carbons (Fsp3) is 0.133. The number of benzene rings is 2. The van der Waals surface area contributed by atoms with Gasteiger partial charge in [0, 0.05) is 0 Å². The number of ether oxygens (including phenoxy) is 1. The number of aldehydes is 1. The minimum atomic E-state index is -0.0481. The van der Waals surface area contributed by atoms with Crippen LogP contribution < -0.4 is 4.74 Å². The van der Waals surface area contributed by atoms with Gasteiger partial charge in [-0.2, -0.15) is 0 Å². The molecule has 2 rings (SSSR count). The highest BCUT2D eigenvalue weighted by atomic mass is 16.5. The number of phenolic OH excluding ortho intramolecular Hbond substituents is 1. The molecule has 0 aliphatic heterocycles. The van der Waals surface area contributed by atoms with Crippen molar-refractivity contribution < 1.29 is 14.6 Å². The number of rotatable bonds is 4. The van der Waals surface area contributed by atoms with Crippen LogP contribution in [0, 0.1) is 6.92 Å². The second-order valence-electron chi connectivity index (χ2n) is 4.09. The Morgan fingerprint density at radius 2 is 1.94 bits per heavy atom.